The predicted molar refractivity (Wildman–Crippen MR) is 184 cm³/mol. The Morgan fingerprint density at radius 3 is 1.48 bits per heavy atom. The predicted octanol–water partition coefficient (Wildman–Crippen LogP) is 10.6. The van der Waals surface area contributed by atoms with E-state index in [1.807, 2.05) is 0 Å². The Kier molecular flexibility index (Phi) is 5.50. The molecule has 0 radical (unpaired) electrons. The summed E-state index contributed by atoms with van der Waals surface area (Å²) in [6.07, 6.45) is 0. The van der Waals surface area contributed by atoms with E-state index in [1.54, 1.807) is 0 Å². The topological polar surface area (TPSA) is 38.7 Å². The first kappa shape index (κ1) is 24.6. The number of hydrogen-bond acceptors (Lipinski definition) is 3. The summed E-state index contributed by atoms with van der Waals surface area (Å²) in [5.41, 5.74) is 2.92. The molecule has 0 spiro atoms. The smallest absolute Gasteiger partial charge is 0.164 e. The van der Waals surface area contributed by atoms with Crippen LogP contribution in [-0.2, 0) is 0 Å². The Morgan fingerprint density at radius 1 is 0.295 bits per heavy atom. The molecule has 3 nitrogen and oxygen atoms in total. The molecule has 1 heterocycles. The van der Waals surface area contributed by atoms with Crippen LogP contribution in [-0.4, -0.2) is 15.0 Å². The first-order valence-electron chi connectivity index (χ1n) is 14.9. The van der Waals surface area contributed by atoms with Crippen molar-refractivity contribution in [3.05, 3.63) is 152 Å². The van der Waals surface area contributed by atoms with Crippen LogP contribution in [0.4, 0.5) is 0 Å². The highest BCUT2D eigenvalue weighted by Gasteiger charge is 2.16. The van der Waals surface area contributed by atoms with Crippen molar-refractivity contribution in [2.75, 3.05) is 0 Å². The number of hydrogen-bond donors (Lipinski definition) is 0. The lowest BCUT2D eigenvalue weighted by Gasteiger charge is -2.13. The summed E-state index contributed by atoms with van der Waals surface area (Å²) in [6, 6.07) is 53.5. The summed E-state index contributed by atoms with van der Waals surface area (Å²) < 4.78 is 0. The zero-order valence-electron chi connectivity index (χ0n) is 23.8. The Morgan fingerprint density at radius 2 is 0.795 bits per heavy atom. The molecule has 0 atom stereocenters. The van der Waals surface area contributed by atoms with Crippen LogP contribution >= 0.6 is 0 Å². The SMILES string of the molecule is c1ccc2cc(-c3nc(-c4ccc5ccccc5c4)nc(-c4cccc5c4ccc4ccc6ccccc6c45)n3)ccc2c1. The van der Waals surface area contributed by atoms with Crippen LogP contribution < -0.4 is 0 Å². The fourth-order valence-corrected chi connectivity index (χ4v) is 6.47. The molecule has 44 heavy (non-hydrogen) atoms. The molecular formula is C41H25N3. The third kappa shape index (κ3) is 4.02. The monoisotopic (exact) mass is 559 g/mol. The van der Waals surface area contributed by atoms with E-state index in [1.165, 1.54) is 37.7 Å². The van der Waals surface area contributed by atoms with Gasteiger partial charge in [-0.15, -0.1) is 0 Å². The van der Waals surface area contributed by atoms with Crippen molar-refractivity contribution in [1.29, 1.82) is 0 Å². The maximum Gasteiger partial charge on any atom is 0.164 e. The summed E-state index contributed by atoms with van der Waals surface area (Å²) >= 11 is 0. The Labute approximate surface area is 254 Å². The fourth-order valence-electron chi connectivity index (χ4n) is 6.47. The van der Waals surface area contributed by atoms with Gasteiger partial charge in [-0.05, 0) is 66.0 Å². The van der Waals surface area contributed by atoms with Gasteiger partial charge in [-0.1, -0.05) is 140 Å². The van der Waals surface area contributed by atoms with Gasteiger partial charge in [0, 0.05) is 16.7 Å². The van der Waals surface area contributed by atoms with Gasteiger partial charge in [0.1, 0.15) is 0 Å². The van der Waals surface area contributed by atoms with Gasteiger partial charge in [-0.2, -0.15) is 0 Å². The zero-order chi connectivity index (χ0) is 29.0. The van der Waals surface area contributed by atoms with Gasteiger partial charge < -0.3 is 0 Å². The number of nitrogens with zero attached hydrogens (tertiary/aromatic N) is 3. The molecule has 3 heteroatoms. The first-order valence-corrected chi connectivity index (χ1v) is 14.9. The third-order valence-corrected chi connectivity index (χ3v) is 8.66. The summed E-state index contributed by atoms with van der Waals surface area (Å²) in [5, 5.41) is 12.0. The Balaban J connectivity index is 1.31. The maximum atomic E-state index is 5.14. The van der Waals surface area contributed by atoms with Gasteiger partial charge >= 0.3 is 0 Å². The quantitative estimate of drug-likeness (QED) is 0.202. The lowest BCUT2D eigenvalue weighted by atomic mass is 9.94. The minimum Gasteiger partial charge on any atom is -0.208 e. The van der Waals surface area contributed by atoms with E-state index in [4.69, 9.17) is 15.0 Å². The first-order chi connectivity index (χ1) is 21.8. The summed E-state index contributed by atoms with van der Waals surface area (Å²) in [5.74, 6) is 1.98. The molecule has 0 saturated heterocycles. The van der Waals surface area contributed by atoms with Crippen molar-refractivity contribution >= 4 is 53.9 Å². The molecule has 0 bridgehead atoms. The van der Waals surface area contributed by atoms with Crippen LogP contribution in [0.1, 0.15) is 0 Å². The van der Waals surface area contributed by atoms with Crippen molar-refractivity contribution in [2.24, 2.45) is 0 Å². The van der Waals surface area contributed by atoms with Crippen molar-refractivity contribution in [3.63, 3.8) is 0 Å². The molecule has 1 aromatic heterocycles. The van der Waals surface area contributed by atoms with Crippen molar-refractivity contribution in [1.82, 2.24) is 15.0 Å². The van der Waals surface area contributed by atoms with Crippen molar-refractivity contribution in [3.8, 4) is 34.2 Å². The maximum absolute atomic E-state index is 5.14. The van der Waals surface area contributed by atoms with E-state index in [-0.39, 0.29) is 0 Å². The normalized spacial score (nSPS) is 11.6. The molecule has 0 aliphatic carbocycles. The van der Waals surface area contributed by atoms with E-state index in [2.05, 4.69) is 152 Å². The molecule has 0 aliphatic heterocycles. The fraction of sp³-hybridized carbons (Fsp3) is 0. The number of fused-ring (bicyclic) bond motifs is 7. The molecular weight excluding hydrogens is 534 g/mol. The third-order valence-electron chi connectivity index (χ3n) is 8.66. The number of rotatable bonds is 3. The average Bonchev–Trinajstić information content (AvgIpc) is 3.10. The minimum atomic E-state index is 0.659. The lowest BCUT2D eigenvalue weighted by molar-refractivity contribution is 1.08. The van der Waals surface area contributed by atoms with Gasteiger partial charge in [0.25, 0.3) is 0 Å². The highest BCUT2D eigenvalue weighted by atomic mass is 15.0. The molecule has 0 N–H and O–H groups in total. The zero-order valence-corrected chi connectivity index (χ0v) is 23.8. The Hall–Kier alpha value is -5.93. The average molecular weight is 560 g/mol. The Bertz CT molecular complexity index is 2470. The van der Waals surface area contributed by atoms with Gasteiger partial charge in [-0.3, -0.25) is 0 Å². The van der Waals surface area contributed by atoms with E-state index in [0.29, 0.717) is 17.5 Å². The van der Waals surface area contributed by atoms with Gasteiger partial charge in [0.05, 0.1) is 0 Å². The van der Waals surface area contributed by atoms with Crippen LogP contribution in [0.15, 0.2) is 152 Å². The molecule has 9 aromatic rings. The van der Waals surface area contributed by atoms with Crippen LogP contribution in [0, 0.1) is 0 Å². The number of benzene rings is 8. The molecule has 8 aromatic carbocycles. The van der Waals surface area contributed by atoms with Crippen LogP contribution in [0.2, 0.25) is 0 Å². The second-order valence-electron chi connectivity index (χ2n) is 11.3. The highest BCUT2D eigenvalue weighted by molar-refractivity contribution is 6.22. The molecule has 0 aliphatic rings. The standard InChI is InChI=1S/C41H25N3/c1-3-11-30-24-32(20-16-26(30)8-1)39-42-40(33-21-17-27-9-2-4-12-31(27)25-33)44-41(43-39)37-15-7-14-36-35(37)23-22-29-19-18-28-10-5-6-13-34(28)38(29)36/h1-25H. The number of aromatic nitrogens is 3. The van der Waals surface area contributed by atoms with Crippen LogP contribution in [0.25, 0.3) is 88.0 Å². The largest absolute Gasteiger partial charge is 0.208 e. The van der Waals surface area contributed by atoms with Crippen molar-refractivity contribution < 1.29 is 0 Å². The molecule has 0 fully saturated rings. The molecule has 9 rings (SSSR count). The second kappa shape index (κ2) is 9.82. The molecule has 204 valence electrons. The van der Waals surface area contributed by atoms with Crippen LogP contribution in [0.3, 0.4) is 0 Å². The summed E-state index contributed by atoms with van der Waals surface area (Å²) in [4.78, 5) is 15.3. The molecule has 0 unspecified atom stereocenters. The van der Waals surface area contributed by atoms with E-state index >= 15 is 0 Å². The van der Waals surface area contributed by atoms with Gasteiger partial charge in [-0.25, -0.2) is 15.0 Å². The minimum absolute atomic E-state index is 0.659. The molecule has 0 saturated carbocycles. The second-order valence-corrected chi connectivity index (χ2v) is 11.3. The van der Waals surface area contributed by atoms with Gasteiger partial charge in [0.2, 0.25) is 0 Å². The van der Waals surface area contributed by atoms with E-state index in [9.17, 15) is 0 Å². The van der Waals surface area contributed by atoms with E-state index < -0.39 is 0 Å². The van der Waals surface area contributed by atoms with Crippen LogP contribution in [0.5, 0.6) is 0 Å². The molecule has 0 amide bonds. The van der Waals surface area contributed by atoms with Gasteiger partial charge in [0.15, 0.2) is 17.5 Å². The summed E-state index contributed by atoms with van der Waals surface area (Å²) in [7, 11) is 0. The lowest BCUT2D eigenvalue weighted by Crippen LogP contribution is -2.00. The van der Waals surface area contributed by atoms with E-state index in [0.717, 1.165) is 32.8 Å². The summed E-state index contributed by atoms with van der Waals surface area (Å²) in [6.45, 7) is 0. The van der Waals surface area contributed by atoms with Crippen molar-refractivity contribution in [2.45, 2.75) is 0 Å². The highest BCUT2D eigenvalue weighted by Crippen LogP contribution is 2.37.